The number of nitrogens with one attached hydrogen (secondary N) is 1. The van der Waals surface area contributed by atoms with Crippen molar-refractivity contribution in [2.24, 2.45) is 0 Å². The van der Waals surface area contributed by atoms with E-state index in [1.165, 1.54) is 16.7 Å². The van der Waals surface area contributed by atoms with Crippen molar-refractivity contribution in [3.63, 3.8) is 0 Å². The van der Waals surface area contributed by atoms with Gasteiger partial charge in [0.1, 0.15) is 5.82 Å². The maximum absolute atomic E-state index is 12.4. The molecule has 0 aliphatic carbocycles. The van der Waals surface area contributed by atoms with Gasteiger partial charge in [0.05, 0.1) is 18.4 Å². The first-order chi connectivity index (χ1) is 13.1. The highest BCUT2D eigenvalue weighted by atomic mass is 16.2. The van der Waals surface area contributed by atoms with Gasteiger partial charge in [0.15, 0.2) is 0 Å². The third kappa shape index (κ3) is 3.35. The molecule has 0 radical (unpaired) electrons. The molecular formula is C20H26N6O. The van der Waals surface area contributed by atoms with Crippen LogP contribution in [0.4, 0.5) is 0 Å². The predicted molar refractivity (Wildman–Crippen MR) is 104 cm³/mol. The maximum Gasteiger partial charge on any atom is 0.345 e. The molecular weight excluding hydrogens is 340 g/mol. The van der Waals surface area contributed by atoms with E-state index in [0.29, 0.717) is 19.6 Å². The molecule has 4 rings (SSSR count). The number of aryl methyl sites for hydroxylation is 3. The zero-order valence-corrected chi connectivity index (χ0v) is 16.2. The van der Waals surface area contributed by atoms with Gasteiger partial charge in [-0.25, -0.2) is 9.48 Å². The van der Waals surface area contributed by atoms with Gasteiger partial charge in [-0.3, -0.25) is 14.6 Å². The molecule has 0 bridgehead atoms. The van der Waals surface area contributed by atoms with E-state index in [1.54, 1.807) is 4.68 Å². The molecule has 0 saturated heterocycles. The van der Waals surface area contributed by atoms with Gasteiger partial charge in [0.2, 0.25) is 0 Å². The average molecular weight is 366 g/mol. The summed E-state index contributed by atoms with van der Waals surface area (Å²) in [4.78, 5) is 14.7. The molecule has 0 saturated carbocycles. The van der Waals surface area contributed by atoms with Crippen molar-refractivity contribution in [1.82, 2.24) is 29.4 Å². The minimum absolute atomic E-state index is 0.0191. The SMILES string of the molecule is CCCn1nc2n(c1=O)CCN(Cc1cn[nH]c1-c1ccc(C)c(C)c1)C2. The molecule has 1 aliphatic heterocycles. The van der Waals surface area contributed by atoms with Crippen LogP contribution in [-0.2, 0) is 26.2 Å². The van der Waals surface area contributed by atoms with Crippen LogP contribution in [0.15, 0.2) is 29.2 Å². The van der Waals surface area contributed by atoms with Crippen molar-refractivity contribution in [1.29, 1.82) is 0 Å². The van der Waals surface area contributed by atoms with Crippen LogP contribution in [0.1, 0.15) is 35.9 Å². The average Bonchev–Trinajstić information content (AvgIpc) is 3.23. The van der Waals surface area contributed by atoms with E-state index in [4.69, 9.17) is 0 Å². The van der Waals surface area contributed by atoms with Crippen molar-refractivity contribution in [3.8, 4) is 11.3 Å². The largest absolute Gasteiger partial charge is 0.345 e. The molecule has 1 aliphatic rings. The van der Waals surface area contributed by atoms with Crippen LogP contribution in [0, 0.1) is 13.8 Å². The lowest BCUT2D eigenvalue weighted by Gasteiger charge is -2.26. The molecule has 7 nitrogen and oxygen atoms in total. The van der Waals surface area contributed by atoms with E-state index in [2.05, 4.69) is 59.2 Å². The Labute approximate surface area is 158 Å². The number of aromatic amines is 1. The first-order valence-electron chi connectivity index (χ1n) is 9.55. The highest BCUT2D eigenvalue weighted by Crippen LogP contribution is 2.25. The van der Waals surface area contributed by atoms with Crippen LogP contribution in [-0.4, -0.2) is 36.0 Å². The number of H-pyrrole nitrogens is 1. The molecule has 0 unspecified atom stereocenters. The van der Waals surface area contributed by atoms with Crippen molar-refractivity contribution in [3.05, 3.63) is 57.4 Å². The molecule has 3 aromatic rings. The zero-order chi connectivity index (χ0) is 19.0. The van der Waals surface area contributed by atoms with Crippen molar-refractivity contribution >= 4 is 0 Å². The molecule has 1 aromatic carbocycles. The van der Waals surface area contributed by atoms with E-state index in [9.17, 15) is 4.79 Å². The Hall–Kier alpha value is -2.67. The lowest BCUT2D eigenvalue weighted by atomic mass is 10.0. The summed E-state index contributed by atoms with van der Waals surface area (Å²) in [6.45, 7) is 9.99. The summed E-state index contributed by atoms with van der Waals surface area (Å²) in [7, 11) is 0. The highest BCUT2D eigenvalue weighted by Gasteiger charge is 2.23. The maximum atomic E-state index is 12.4. The van der Waals surface area contributed by atoms with Crippen LogP contribution in [0.5, 0.6) is 0 Å². The van der Waals surface area contributed by atoms with Gasteiger partial charge >= 0.3 is 5.69 Å². The minimum atomic E-state index is 0.0191. The normalized spacial score (nSPS) is 14.5. The number of aromatic nitrogens is 5. The summed E-state index contributed by atoms with van der Waals surface area (Å²) < 4.78 is 3.41. The second-order valence-electron chi connectivity index (χ2n) is 7.35. The standard InChI is InChI=1S/C20H26N6O/c1-4-7-26-20(27)25-9-8-24(13-18(25)23-26)12-17-11-21-22-19(17)16-6-5-14(2)15(3)10-16/h5-6,10-11H,4,7-9,12-13H2,1-3H3,(H,21,22). The fraction of sp³-hybridized carbons (Fsp3) is 0.450. The highest BCUT2D eigenvalue weighted by molar-refractivity contribution is 5.64. The molecule has 0 atom stereocenters. The first kappa shape index (κ1) is 17.7. The van der Waals surface area contributed by atoms with Gasteiger partial charge in [-0.15, -0.1) is 0 Å². The molecule has 0 amide bonds. The van der Waals surface area contributed by atoms with E-state index >= 15 is 0 Å². The van der Waals surface area contributed by atoms with E-state index in [-0.39, 0.29) is 5.69 Å². The zero-order valence-electron chi connectivity index (χ0n) is 16.2. The lowest BCUT2D eigenvalue weighted by Crippen LogP contribution is -2.37. The molecule has 0 spiro atoms. The predicted octanol–water partition coefficient (Wildman–Crippen LogP) is 2.48. The van der Waals surface area contributed by atoms with Crippen LogP contribution in [0.2, 0.25) is 0 Å². The van der Waals surface area contributed by atoms with E-state index in [1.807, 2.05) is 10.8 Å². The smallest absolute Gasteiger partial charge is 0.290 e. The van der Waals surface area contributed by atoms with Crippen molar-refractivity contribution in [2.75, 3.05) is 6.54 Å². The fourth-order valence-corrected chi connectivity index (χ4v) is 3.66. The van der Waals surface area contributed by atoms with Gasteiger partial charge in [-0.1, -0.05) is 19.1 Å². The Balaban J connectivity index is 1.54. The van der Waals surface area contributed by atoms with Gasteiger partial charge in [0, 0.05) is 37.3 Å². The van der Waals surface area contributed by atoms with Crippen LogP contribution in [0.25, 0.3) is 11.3 Å². The van der Waals surface area contributed by atoms with E-state index in [0.717, 1.165) is 36.6 Å². The molecule has 3 heterocycles. The second-order valence-corrected chi connectivity index (χ2v) is 7.35. The van der Waals surface area contributed by atoms with E-state index < -0.39 is 0 Å². The minimum Gasteiger partial charge on any atom is -0.290 e. The van der Waals surface area contributed by atoms with Crippen molar-refractivity contribution < 1.29 is 0 Å². The summed E-state index contributed by atoms with van der Waals surface area (Å²) in [6.07, 6.45) is 2.82. The Morgan fingerprint density at radius 2 is 2.04 bits per heavy atom. The molecule has 1 N–H and O–H groups in total. The third-order valence-corrected chi connectivity index (χ3v) is 5.35. The number of hydrogen-bond donors (Lipinski definition) is 1. The monoisotopic (exact) mass is 366 g/mol. The number of fused-ring (bicyclic) bond motifs is 1. The van der Waals surface area contributed by atoms with Gasteiger partial charge < -0.3 is 0 Å². The van der Waals surface area contributed by atoms with Gasteiger partial charge in [-0.2, -0.15) is 10.2 Å². The number of benzene rings is 1. The molecule has 2 aromatic heterocycles. The van der Waals surface area contributed by atoms with Crippen molar-refractivity contribution in [2.45, 2.75) is 53.4 Å². The first-order valence-corrected chi connectivity index (χ1v) is 9.55. The summed E-state index contributed by atoms with van der Waals surface area (Å²) in [5.41, 5.74) is 5.98. The Morgan fingerprint density at radius 3 is 2.81 bits per heavy atom. The quantitative estimate of drug-likeness (QED) is 0.753. The van der Waals surface area contributed by atoms with Crippen LogP contribution >= 0.6 is 0 Å². The third-order valence-electron chi connectivity index (χ3n) is 5.35. The number of hydrogen-bond acceptors (Lipinski definition) is 4. The second kappa shape index (κ2) is 7.15. The fourth-order valence-electron chi connectivity index (χ4n) is 3.66. The molecule has 0 fully saturated rings. The Bertz CT molecular complexity index is 1010. The summed E-state index contributed by atoms with van der Waals surface area (Å²) in [6, 6.07) is 6.49. The summed E-state index contributed by atoms with van der Waals surface area (Å²) in [5, 5.41) is 12.0. The Kier molecular flexibility index (Phi) is 4.70. The van der Waals surface area contributed by atoms with Gasteiger partial charge in [0.25, 0.3) is 0 Å². The molecule has 7 heteroatoms. The Morgan fingerprint density at radius 1 is 1.19 bits per heavy atom. The number of nitrogens with zero attached hydrogens (tertiary/aromatic N) is 5. The number of rotatable bonds is 5. The lowest BCUT2D eigenvalue weighted by molar-refractivity contribution is 0.207. The topological polar surface area (TPSA) is 71.7 Å². The molecule has 27 heavy (non-hydrogen) atoms. The van der Waals surface area contributed by atoms with Crippen LogP contribution in [0.3, 0.4) is 0 Å². The van der Waals surface area contributed by atoms with Crippen LogP contribution < -0.4 is 5.69 Å². The molecule has 142 valence electrons. The summed E-state index contributed by atoms with van der Waals surface area (Å²) >= 11 is 0. The summed E-state index contributed by atoms with van der Waals surface area (Å²) in [5.74, 6) is 0.857. The van der Waals surface area contributed by atoms with Gasteiger partial charge in [-0.05, 0) is 37.5 Å².